The zero-order chi connectivity index (χ0) is 22.0. The quantitative estimate of drug-likeness (QED) is 0.330. The lowest BCUT2D eigenvalue weighted by atomic mass is 10.1. The van der Waals surface area contributed by atoms with E-state index >= 15 is 0 Å². The molecular weight excluding hydrogens is 427 g/mol. The number of rotatable bonds is 6. The molecule has 0 saturated heterocycles. The maximum atomic E-state index is 12.9. The van der Waals surface area contributed by atoms with Gasteiger partial charge in [-0.1, -0.05) is 29.3 Å². The van der Waals surface area contributed by atoms with Crippen LogP contribution in [0.15, 0.2) is 47.1 Å². The average molecular weight is 447 g/mol. The zero-order valence-corrected chi connectivity index (χ0v) is 18.2. The van der Waals surface area contributed by atoms with Gasteiger partial charge < -0.3 is 4.90 Å². The fraction of sp³-hybridized carbons (Fsp3) is 0.238. The number of anilines is 2. The number of nitro benzene ring substituents is 1. The van der Waals surface area contributed by atoms with Crippen LogP contribution in [0.5, 0.6) is 0 Å². The highest BCUT2D eigenvalue weighted by Gasteiger charge is 2.29. The lowest BCUT2D eigenvalue weighted by Crippen LogP contribution is -2.22. The van der Waals surface area contributed by atoms with Crippen LogP contribution in [0.4, 0.5) is 17.1 Å². The maximum Gasteiger partial charge on any atom is 0.293 e. The van der Waals surface area contributed by atoms with Gasteiger partial charge in [0.25, 0.3) is 11.6 Å². The SMILES string of the molecule is CCN(CC)c1ccc(C=C2C(=O)N(c3ccc(Cl)c(Cl)c3)N=C2C)cc1[N+](=O)[O-]. The number of hydrazone groups is 1. The highest BCUT2D eigenvalue weighted by molar-refractivity contribution is 6.42. The van der Waals surface area contributed by atoms with Crippen molar-refractivity contribution in [3.63, 3.8) is 0 Å². The third-order valence-corrected chi connectivity index (χ3v) is 5.56. The van der Waals surface area contributed by atoms with Crippen molar-refractivity contribution in [1.82, 2.24) is 0 Å². The van der Waals surface area contributed by atoms with Gasteiger partial charge in [-0.3, -0.25) is 14.9 Å². The summed E-state index contributed by atoms with van der Waals surface area (Å²) in [5, 5.41) is 17.8. The number of amides is 1. The molecule has 9 heteroatoms. The third-order valence-electron chi connectivity index (χ3n) is 4.82. The predicted octanol–water partition coefficient (Wildman–Crippen LogP) is 5.55. The van der Waals surface area contributed by atoms with E-state index in [0.29, 0.717) is 51.4 Å². The van der Waals surface area contributed by atoms with Crippen LogP contribution in [0.1, 0.15) is 26.3 Å². The molecule has 7 nitrogen and oxygen atoms in total. The van der Waals surface area contributed by atoms with Gasteiger partial charge in [0.2, 0.25) is 0 Å². The van der Waals surface area contributed by atoms with Crippen LogP contribution < -0.4 is 9.91 Å². The number of carbonyl (C=O) groups is 1. The first kappa shape index (κ1) is 21.8. The fourth-order valence-electron chi connectivity index (χ4n) is 3.25. The minimum Gasteiger partial charge on any atom is -0.367 e. The molecule has 0 atom stereocenters. The van der Waals surface area contributed by atoms with Crippen molar-refractivity contribution in [2.24, 2.45) is 5.10 Å². The molecule has 0 aromatic heterocycles. The monoisotopic (exact) mass is 446 g/mol. The fourth-order valence-corrected chi connectivity index (χ4v) is 3.54. The van der Waals surface area contributed by atoms with E-state index < -0.39 is 4.92 Å². The standard InChI is InChI=1S/C21H20Cl2N4O3/c1-4-25(5-2)19-9-6-14(11-20(19)27(29)30)10-16-13(3)24-26(21(16)28)15-7-8-17(22)18(23)12-15/h6-12H,4-5H2,1-3H3. The van der Waals surface area contributed by atoms with Gasteiger partial charge in [-0.05, 0) is 56.7 Å². The van der Waals surface area contributed by atoms with Gasteiger partial charge in [0.05, 0.1) is 31.9 Å². The Labute approximate surface area is 184 Å². The molecule has 0 fully saturated rings. The number of nitrogens with zero attached hydrogens (tertiary/aromatic N) is 4. The molecule has 0 aliphatic carbocycles. The van der Waals surface area contributed by atoms with E-state index in [9.17, 15) is 14.9 Å². The maximum absolute atomic E-state index is 12.9. The van der Waals surface area contributed by atoms with E-state index in [0.717, 1.165) is 0 Å². The summed E-state index contributed by atoms with van der Waals surface area (Å²) in [6, 6.07) is 9.74. The van der Waals surface area contributed by atoms with Gasteiger partial charge in [-0.25, -0.2) is 0 Å². The van der Waals surface area contributed by atoms with Crippen LogP contribution in [0.3, 0.4) is 0 Å². The van der Waals surface area contributed by atoms with Crippen molar-refractivity contribution in [3.05, 3.63) is 67.7 Å². The van der Waals surface area contributed by atoms with Gasteiger partial charge in [-0.2, -0.15) is 10.1 Å². The van der Waals surface area contributed by atoms with Gasteiger partial charge >= 0.3 is 0 Å². The van der Waals surface area contributed by atoms with E-state index in [1.165, 1.54) is 11.1 Å². The Morgan fingerprint density at radius 1 is 1.13 bits per heavy atom. The Morgan fingerprint density at radius 2 is 1.83 bits per heavy atom. The normalized spacial score (nSPS) is 15.0. The minimum atomic E-state index is -0.408. The highest BCUT2D eigenvalue weighted by Crippen LogP contribution is 2.33. The third kappa shape index (κ3) is 4.17. The molecule has 2 aromatic rings. The summed E-state index contributed by atoms with van der Waals surface area (Å²) >= 11 is 12.0. The first-order valence-corrected chi connectivity index (χ1v) is 10.1. The minimum absolute atomic E-state index is 0.00516. The summed E-state index contributed by atoms with van der Waals surface area (Å²) in [5.74, 6) is -0.346. The second-order valence-corrected chi connectivity index (χ2v) is 7.45. The molecule has 1 aliphatic heterocycles. The predicted molar refractivity (Wildman–Crippen MR) is 122 cm³/mol. The molecule has 0 radical (unpaired) electrons. The first-order valence-electron chi connectivity index (χ1n) is 9.37. The van der Waals surface area contributed by atoms with E-state index in [1.54, 1.807) is 43.3 Å². The summed E-state index contributed by atoms with van der Waals surface area (Å²) in [6.45, 7) is 6.90. The molecule has 1 heterocycles. The topological polar surface area (TPSA) is 79.0 Å². The Kier molecular flexibility index (Phi) is 6.43. The van der Waals surface area contributed by atoms with E-state index in [2.05, 4.69) is 5.10 Å². The molecule has 1 aliphatic rings. The van der Waals surface area contributed by atoms with Crippen LogP contribution in [-0.2, 0) is 4.79 Å². The lowest BCUT2D eigenvalue weighted by molar-refractivity contribution is -0.384. The van der Waals surface area contributed by atoms with Crippen molar-refractivity contribution < 1.29 is 9.72 Å². The number of hydrogen-bond donors (Lipinski definition) is 0. The van der Waals surface area contributed by atoms with Crippen molar-refractivity contribution in [2.75, 3.05) is 23.0 Å². The van der Waals surface area contributed by atoms with Gasteiger partial charge in [0.15, 0.2) is 0 Å². The second kappa shape index (κ2) is 8.85. The van der Waals surface area contributed by atoms with Crippen molar-refractivity contribution in [1.29, 1.82) is 0 Å². The van der Waals surface area contributed by atoms with E-state index in [-0.39, 0.29) is 11.6 Å². The Hall–Kier alpha value is -2.90. The number of nitro groups is 1. The first-order chi connectivity index (χ1) is 14.3. The molecule has 0 bridgehead atoms. The Balaban J connectivity index is 1.98. The highest BCUT2D eigenvalue weighted by atomic mass is 35.5. The van der Waals surface area contributed by atoms with Crippen molar-refractivity contribution in [3.8, 4) is 0 Å². The summed E-state index contributed by atoms with van der Waals surface area (Å²) in [6.07, 6.45) is 1.61. The number of halogens is 2. The number of benzene rings is 2. The second-order valence-electron chi connectivity index (χ2n) is 6.64. The van der Waals surface area contributed by atoms with Crippen LogP contribution in [0.25, 0.3) is 6.08 Å². The summed E-state index contributed by atoms with van der Waals surface area (Å²) in [4.78, 5) is 26.0. The van der Waals surface area contributed by atoms with Crippen LogP contribution >= 0.6 is 23.2 Å². The van der Waals surface area contributed by atoms with Crippen LogP contribution in [0.2, 0.25) is 10.0 Å². The van der Waals surface area contributed by atoms with E-state index in [1.807, 2.05) is 18.7 Å². The molecular formula is C21H20Cl2N4O3. The Morgan fingerprint density at radius 3 is 2.43 bits per heavy atom. The molecule has 1 amide bonds. The van der Waals surface area contributed by atoms with Crippen LogP contribution in [0, 0.1) is 10.1 Å². The molecule has 0 N–H and O–H groups in total. The molecule has 0 unspecified atom stereocenters. The molecule has 3 rings (SSSR count). The molecule has 0 spiro atoms. The summed E-state index contributed by atoms with van der Waals surface area (Å²) in [5.41, 5.74) is 2.43. The zero-order valence-electron chi connectivity index (χ0n) is 16.7. The lowest BCUT2D eigenvalue weighted by Gasteiger charge is -2.20. The van der Waals surface area contributed by atoms with Gasteiger partial charge in [0.1, 0.15) is 5.69 Å². The molecule has 30 heavy (non-hydrogen) atoms. The summed E-state index contributed by atoms with van der Waals surface area (Å²) in [7, 11) is 0. The van der Waals surface area contributed by atoms with Crippen molar-refractivity contribution >= 4 is 58.0 Å². The largest absolute Gasteiger partial charge is 0.367 e. The van der Waals surface area contributed by atoms with Gasteiger partial charge in [-0.15, -0.1) is 0 Å². The van der Waals surface area contributed by atoms with Crippen LogP contribution in [-0.4, -0.2) is 29.6 Å². The smallest absolute Gasteiger partial charge is 0.293 e. The van der Waals surface area contributed by atoms with E-state index in [4.69, 9.17) is 23.2 Å². The molecule has 0 saturated carbocycles. The Bertz CT molecular complexity index is 1080. The average Bonchev–Trinajstić information content (AvgIpc) is 3.00. The summed E-state index contributed by atoms with van der Waals surface area (Å²) < 4.78 is 0. The number of hydrogen-bond acceptors (Lipinski definition) is 5. The molecule has 156 valence electrons. The van der Waals surface area contributed by atoms with Gasteiger partial charge in [0, 0.05) is 19.2 Å². The van der Waals surface area contributed by atoms with Crippen molar-refractivity contribution in [2.45, 2.75) is 20.8 Å². The molecule has 2 aromatic carbocycles. The number of carbonyl (C=O) groups excluding carboxylic acids is 1.